The summed E-state index contributed by atoms with van der Waals surface area (Å²) < 4.78 is 40.6. The summed E-state index contributed by atoms with van der Waals surface area (Å²) in [5.41, 5.74) is 1.27. The highest BCUT2D eigenvalue weighted by molar-refractivity contribution is 6.33. The van der Waals surface area contributed by atoms with E-state index in [0.29, 0.717) is 46.3 Å². The zero-order chi connectivity index (χ0) is 21.6. The van der Waals surface area contributed by atoms with Crippen molar-refractivity contribution in [2.75, 3.05) is 6.54 Å². The SMILES string of the molecule is CC(C)N1CCc2nc(-c3ccccc3Cl)c(-c3ccc(C(F)(F)F)cc3)n2C1=O. The number of benzene rings is 2. The lowest BCUT2D eigenvalue weighted by atomic mass is 10.0. The normalized spacial score (nSPS) is 14.4. The molecule has 0 N–H and O–H groups in total. The smallest absolute Gasteiger partial charge is 0.321 e. The van der Waals surface area contributed by atoms with Crippen molar-refractivity contribution in [2.45, 2.75) is 32.5 Å². The van der Waals surface area contributed by atoms with Gasteiger partial charge in [0.1, 0.15) is 5.82 Å². The third-order valence-corrected chi connectivity index (χ3v) is 5.53. The van der Waals surface area contributed by atoms with Gasteiger partial charge in [-0.25, -0.2) is 14.3 Å². The van der Waals surface area contributed by atoms with E-state index in [1.807, 2.05) is 13.8 Å². The van der Waals surface area contributed by atoms with Crippen molar-refractivity contribution in [2.24, 2.45) is 0 Å². The van der Waals surface area contributed by atoms with E-state index in [1.54, 1.807) is 29.2 Å². The zero-order valence-electron chi connectivity index (χ0n) is 16.4. The van der Waals surface area contributed by atoms with Gasteiger partial charge < -0.3 is 4.90 Å². The number of halogens is 4. The third-order valence-electron chi connectivity index (χ3n) is 5.20. The summed E-state index contributed by atoms with van der Waals surface area (Å²) in [6.07, 6.45) is -3.90. The topological polar surface area (TPSA) is 38.1 Å². The van der Waals surface area contributed by atoms with Crippen LogP contribution >= 0.6 is 11.6 Å². The molecule has 30 heavy (non-hydrogen) atoms. The van der Waals surface area contributed by atoms with Gasteiger partial charge in [-0.15, -0.1) is 0 Å². The monoisotopic (exact) mass is 433 g/mol. The van der Waals surface area contributed by atoms with Gasteiger partial charge in [-0.2, -0.15) is 13.2 Å². The minimum absolute atomic E-state index is 0.0164. The van der Waals surface area contributed by atoms with Gasteiger partial charge in [-0.1, -0.05) is 41.9 Å². The molecule has 156 valence electrons. The molecular formula is C22H19ClF3N3O. The fourth-order valence-corrected chi connectivity index (χ4v) is 3.91. The quantitative estimate of drug-likeness (QED) is 0.498. The standard InChI is InChI=1S/C22H19ClF3N3O/c1-13(2)28-12-11-18-27-19(16-5-3-4-6-17(16)23)20(29(18)21(28)30)14-7-9-15(10-8-14)22(24,25)26/h3-10,13H,11-12H2,1-2H3. The molecule has 2 aromatic carbocycles. The molecule has 1 aromatic heterocycles. The molecular weight excluding hydrogens is 415 g/mol. The molecule has 0 radical (unpaired) electrons. The Morgan fingerprint density at radius 2 is 1.73 bits per heavy atom. The summed E-state index contributed by atoms with van der Waals surface area (Å²) in [4.78, 5) is 19.6. The summed E-state index contributed by atoms with van der Waals surface area (Å²) in [5, 5.41) is 0.453. The predicted octanol–water partition coefficient (Wildman–Crippen LogP) is 6.12. The van der Waals surface area contributed by atoms with Crippen LogP contribution in [0.3, 0.4) is 0 Å². The average Bonchev–Trinajstić information content (AvgIpc) is 3.08. The van der Waals surface area contributed by atoms with Crippen molar-refractivity contribution in [3.8, 4) is 22.5 Å². The Balaban J connectivity index is 1.95. The number of rotatable bonds is 3. The van der Waals surface area contributed by atoms with E-state index in [4.69, 9.17) is 11.6 Å². The Bertz CT molecular complexity index is 1100. The second-order valence-electron chi connectivity index (χ2n) is 7.44. The molecule has 1 amide bonds. The molecule has 0 spiro atoms. The predicted molar refractivity (Wildman–Crippen MR) is 109 cm³/mol. The Morgan fingerprint density at radius 1 is 1.07 bits per heavy atom. The van der Waals surface area contributed by atoms with Gasteiger partial charge in [0.25, 0.3) is 0 Å². The molecule has 0 aliphatic carbocycles. The van der Waals surface area contributed by atoms with Gasteiger partial charge in [-0.05, 0) is 32.0 Å². The van der Waals surface area contributed by atoms with Crippen LogP contribution in [0, 0.1) is 0 Å². The molecule has 0 saturated carbocycles. The van der Waals surface area contributed by atoms with Gasteiger partial charge in [0, 0.05) is 30.1 Å². The Kier molecular flexibility index (Phi) is 5.10. The minimum Gasteiger partial charge on any atom is -0.321 e. The molecule has 0 bridgehead atoms. The average molecular weight is 434 g/mol. The Morgan fingerprint density at radius 3 is 2.33 bits per heavy atom. The number of carbonyl (C=O) groups excluding carboxylic acids is 1. The number of imidazole rings is 1. The summed E-state index contributed by atoms with van der Waals surface area (Å²) in [6, 6.07) is 11.6. The maximum absolute atomic E-state index is 13.2. The molecule has 1 aliphatic rings. The lowest BCUT2D eigenvalue weighted by molar-refractivity contribution is -0.137. The molecule has 0 fully saturated rings. The summed E-state index contributed by atoms with van der Waals surface area (Å²) in [7, 11) is 0. The van der Waals surface area contributed by atoms with Gasteiger partial charge in [0.05, 0.1) is 22.0 Å². The molecule has 2 heterocycles. The number of amides is 1. The molecule has 0 atom stereocenters. The van der Waals surface area contributed by atoms with Crippen molar-refractivity contribution in [1.29, 1.82) is 0 Å². The third kappa shape index (κ3) is 3.47. The van der Waals surface area contributed by atoms with E-state index in [2.05, 4.69) is 4.98 Å². The zero-order valence-corrected chi connectivity index (χ0v) is 17.1. The first kappa shape index (κ1) is 20.5. The van der Waals surface area contributed by atoms with E-state index in [9.17, 15) is 18.0 Å². The fourth-order valence-electron chi connectivity index (χ4n) is 3.69. The van der Waals surface area contributed by atoms with Gasteiger partial charge in [0.2, 0.25) is 0 Å². The van der Waals surface area contributed by atoms with Crippen molar-refractivity contribution >= 4 is 17.6 Å². The maximum atomic E-state index is 13.2. The van der Waals surface area contributed by atoms with Gasteiger partial charge in [0.15, 0.2) is 0 Å². The molecule has 4 nitrogen and oxygen atoms in total. The van der Waals surface area contributed by atoms with Crippen LogP contribution in [0.15, 0.2) is 48.5 Å². The van der Waals surface area contributed by atoms with Crippen molar-refractivity contribution in [3.05, 3.63) is 64.9 Å². The van der Waals surface area contributed by atoms with Crippen LogP contribution in [0.1, 0.15) is 25.2 Å². The lowest BCUT2D eigenvalue weighted by Crippen LogP contribution is -2.45. The summed E-state index contributed by atoms with van der Waals surface area (Å²) in [5.74, 6) is 0.571. The minimum atomic E-state index is -4.44. The van der Waals surface area contributed by atoms with Crippen LogP contribution in [0.5, 0.6) is 0 Å². The van der Waals surface area contributed by atoms with Gasteiger partial charge >= 0.3 is 12.2 Å². The van der Waals surface area contributed by atoms with Crippen LogP contribution in [0.4, 0.5) is 18.0 Å². The van der Waals surface area contributed by atoms with Gasteiger partial charge in [-0.3, -0.25) is 0 Å². The lowest BCUT2D eigenvalue weighted by Gasteiger charge is -2.31. The van der Waals surface area contributed by atoms with Crippen molar-refractivity contribution in [3.63, 3.8) is 0 Å². The van der Waals surface area contributed by atoms with Crippen LogP contribution < -0.4 is 0 Å². The van der Waals surface area contributed by atoms with E-state index in [-0.39, 0.29) is 12.1 Å². The number of hydrogen-bond donors (Lipinski definition) is 0. The molecule has 1 aliphatic heterocycles. The maximum Gasteiger partial charge on any atom is 0.416 e. The molecule has 3 aromatic rings. The number of carbonyl (C=O) groups is 1. The number of aromatic nitrogens is 2. The Hall–Kier alpha value is -2.80. The van der Waals surface area contributed by atoms with Crippen LogP contribution in [-0.2, 0) is 12.6 Å². The summed E-state index contributed by atoms with van der Waals surface area (Å²) in [6.45, 7) is 4.38. The Labute approximate surface area is 176 Å². The fraction of sp³-hybridized carbons (Fsp3) is 0.273. The largest absolute Gasteiger partial charge is 0.416 e. The van der Waals surface area contributed by atoms with E-state index >= 15 is 0 Å². The number of hydrogen-bond acceptors (Lipinski definition) is 2. The second-order valence-corrected chi connectivity index (χ2v) is 7.84. The number of alkyl halides is 3. The van der Waals surface area contributed by atoms with Crippen molar-refractivity contribution < 1.29 is 18.0 Å². The molecule has 8 heteroatoms. The van der Waals surface area contributed by atoms with Crippen LogP contribution in [0.2, 0.25) is 5.02 Å². The first-order chi connectivity index (χ1) is 14.2. The van der Waals surface area contributed by atoms with Crippen LogP contribution in [0.25, 0.3) is 22.5 Å². The molecule has 0 saturated heterocycles. The molecule has 0 unspecified atom stereocenters. The first-order valence-electron chi connectivity index (χ1n) is 9.53. The van der Waals surface area contributed by atoms with E-state index in [0.717, 1.165) is 12.1 Å². The highest BCUT2D eigenvalue weighted by Crippen LogP contribution is 2.39. The second kappa shape index (κ2) is 7.47. The summed E-state index contributed by atoms with van der Waals surface area (Å²) >= 11 is 6.39. The number of fused-ring (bicyclic) bond motifs is 1. The van der Waals surface area contributed by atoms with E-state index in [1.165, 1.54) is 16.7 Å². The first-order valence-corrected chi connectivity index (χ1v) is 9.91. The molecule has 4 rings (SSSR count). The number of nitrogens with zero attached hydrogens (tertiary/aromatic N) is 3. The highest BCUT2D eigenvalue weighted by atomic mass is 35.5. The highest BCUT2D eigenvalue weighted by Gasteiger charge is 2.34. The van der Waals surface area contributed by atoms with Crippen molar-refractivity contribution in [1.82, 2.24) is 14.5 Å². The van der Waals surface area contributed by atoms with E-state index < -0.39 is 11.7 Å². The van der Waals surface area contributed by atoms with Crippen LogP contribution in [-0.4, -0.2) is 33.1 Å².